The van der Waals surface area contributed by atoms with E-state index < -0.39 is 10.0 Å². The highest BCUT2D eigenvalue weighted by atomic mass is 32.2. The standard InChI is InChI=1S/C22H22N4O3S2/c27-31(28,26-13-15-29-16-14-26)20-10-8-19(9-11-20)21-17-30-22(24-21)25-23-12-4-7-18-5-2-1-3-6-18/h1-12,17H,13-16H2,(H,24,25). The van der Waals surface area contributed by atoms with Crippen molar-refractivity contribution in [3.05, 3.63) is 71.6 Å². The van der Waals surface area contributed by atoms with Gasteiger partial charge in [-0.1, -0.05) is 48.5 Å². The van der Waals surface area contributed by atoms with E-state index in [0.717, 1.165) is 16.8 Å². The molecule has 2 aromatic carbocycles. The molecule has 31 heavy (non-hydrogen) atoms. The first kappa shape index (κ1) is 21.4. The predicted molar refractivity (Wildman–Crippen MR) is 125 cm³/mol. The van der Waals surface area contributed by atoms with Gasteiger partial charge in [-0.2, -0.15) is 9.41 Å². The van der Waals surface area contributed by atoms with Crippen LogP contribution >= 0.6 is 11.3 Å². The highest BCUT2D eigenvalue weighted by Gasteiger charge is 2.26. The fraction of sp³-hybridized carbons (Fsp3) is 0.182. The number of benzene rings is 2. The van der Waals surface area contributed by atoms with E-state index in [1.54, 1.807) is 30.5 Å². The summed E-state index contributed by atoms with van der Waals surface area (Å²) >= 11 is 1.43. The minimum Gasteiger partial charge on any atom is -0.379 e. The summed E-state index contributed by atoms with van der Waals surface area (Å²) in [6.45, 7) is 1.62. The van der Waals surface area contributed by atoms with Gasteiger partial charge in [0, 0.05) is 30.2 Å². The number of morpholine rings is 1. The zero-order chi connectivity index (χ0) is 21.5. The Morgan fingerprint density at radius 2 is 1.81 bits per heavy atom. The summed E-state index contributed by atoms with van der Waals surface area (Å²) in [5.41, 5.74) is 5.62. The fourth-order valence-electron chi connectivity index (χ4n) is 3.05. The highest BCUT2D eigenvalue weighted by Crippen LogP contribution is 2.26. The maximum absolute atomic E-state index is 12.7. The molecular weight excluding hydrogens is 432 g/mol. The van der Waals surface area contributed by atoms with Crippen molar-refractivity contribution in [3.8, 4) is 11.3 Å². The van der Waals surface area contributed by atoms with E-state index in [1.807, 2.05) is 47.9 Å². The van der Waals surface area contributed by atoms with Gasteiger partial charge in [-0.15, -0.1) is 11.3 Å². The monoisotopic (exact) mass is 454 g/mol. The van der Waals surface area contributed by atoms with Crippen molar-refractivity contribution >= 4 is 38.8 Å². The molecule has 0 spiro atoms. The molecule has 0 amide bonds. The minimum absolute atomic E-state index is 0.279. The van der Waals surface area contributed by atoms with Gasteiger partial charge in [0.15, 0.2) is 0 Å². The molecule has 1 N–H and O–H groups in total. The molecule has 4 rings (SSSR count). The zero-order valence-corrected chi connectivity index (χ0v) is 18.3. The van der Waals surface area contributed by atoms with Crippen LogP contribution in [-0.4, -0.2) is 50.2 Å². The van der Waals surface area contributed by atoms with E-state index in [4.69, 9.17) is 4.74 Å². The van der Waals surface area contributed by atoms with Gasteiger partial charge in [0.1, 0.15) is 0 Å². The summed E-state index contributed by atoms with van der Waals surface area (Å²) in [4.78, 5) is 4.79. The molecule has 0 bridgehead atoms. The van der Waals surface area contributed by atoms with Crippen LogP contribution in [0.25, 0.3) is 17.3 Å². The Hall–Kier alpha value is -2.85. The average Bonchev–Trinajstić information content (AvgIpc) is 3.29. The van der Waals surface area contributed by atoms with E-state index >= 15 is 0 Å². The number of sulfonamides is 1. The number of hydrogen-bond acceptors (Lipinski definition) is 7. The molecule has 7 nitrogen and oxygen atoms in total. The first-order valence-electron chi connectivity index (χ1n) is 9.77. The van der Waals surface area contributed by atoms with E-state index in [0.29, 0.717) is 31.4 Å². The van der Waals surface area contributed by atoms with Gasteiger partial charge in [-0.3, -0.25) is 5.43 Å². The second kappa shape index (κ2) is 9.97. The number of thiazole rings is 1. The number of rotatable bonds is 7. The lowest BCUT2D eigenvalue weighted by atomic mass is 10.2. The molecular formula is C22H22N4O3S2. The van der Waals surface area contributed by atoms with Crippen molar-refractivity contribution in [2.24, 2.45) is 5.10 Å². The van der Waals surface area contributed by atoms with Gasteiger partial charge in [0.05, 0.1) is 23.8 Å². The number of nitrogens with zero attached hydrogens (tertiary/aromatic N) is 3. The number of ether oxygens (including phenoxy) is 1. The summed E-state index contributed by atoms with van der Waals surface area (Å²) in [7, 11) is -3.50. The van der Waals surface area contributed by atoms with Crippen molar-refractivity contribution in [2.75, 3.05) is 31.7 Å². The molecule has 0 atom stereocenters. The SMILES string of the molecule is O=S(=O)(c1ccc(-c2csc(NN=CC=Cc3ccccc3)n2)cc1)N1CCOCC1. The van der Waals surface area contributed by atoms with Crippen LogP contribution in [0.4, 0.5) is 5.13 Å². The molecule has 0 aliphatic carbocycles. The van der Waals surface area contributed by atoms with E-state index in [1.165, 1.54) is 15.6 Å². The number of aromatic nitrogens is 1. The Morgan fingerprint density at radius 3 is 2.55 bits per heavy atom. The predicted octanol–water partition coefficient (Wildman–Crippen LogP) is 3.94. The van der Waals surface area contributed by atoms with Crippen LogP contribution in [-0.2, 0) is 14.8 Å². The maximum Gasteiger partial charge on any atom is 0.243 e. The molecule has 160 valence electrons. The molecule has 1 saturated heterocycles. The normalized spacial score (nSPS) is 15.6. The molecule has 0 radical (unpaired) electrons. The lowest BCUT2D eigenvalue weighted by Gasteiger charge is -2.26. The van der Waals surface area contributed by atoms with Gasteiger partial charge < -0.3 is 4.74 Å². The largest absolute Gasteiger partial charge is 0.379 e. The number of anilines is 1. The van der Waals surface area contributed by atoms with Crippen LogP contribution in [0.3, 0.4) is 0 Å². The van der Waals surface area contributed by atoms with Gasteiger partial charge in [-0.25, -0.2) is 13.4 Å². The smallest absolute Gasteiger partial charge is 0.243 e. The third-order valence-corrected chi connectivity index (χ3v) is 7.33. The maximum atomic E-state index is 12.7. The van der Waals surface area contributed by atoms with Gasteiger partial charge in [-0.05, 0) is 23.8 Å². The van der Waals surface area contributed by atoms with Crippen LogP contribution in [0, 0.1) is 0 Å². The highest BCUT2D eigenvalue weighted by molar-refractivity contribution is 7.89. The van der Waals surface area contributed by atoms with Gasteiger partial charge in [0.25, 0.3) is 0 Å². The average molecular weight is 455 g/mol. The van der Waals surface area contributed by atoms with E-state index in [-0.39, 0.29) is 4.90 Å². The Morgan fingerprint density at radius 1 is 1.06 bits per heavy atom. The van der Waals surface area contributed by atoms with Gasteiger partial charge in [0.2, 0.25) is 15.2 Å². The van der Waals surface area contributed by atoms with E-state index in [9.17, 15) is 8.42 Å². The second-order valence-corrected chi connectivity index (χ2v) is 9.53. The van der Waals surface area contributed by atoms with Crippen molar-refractivity contribution < 1.29 is 13.2 Å². The lowest BCUT2D eigenvalue weighted by Crippen LogP contribution is -2.40. The van der Waals surface area contributed by atoms with Crippen LogP contribution in [0.15, 0.2) is 76.1 Å². The number of allylic oxidation sites excluding steroid dienone is 1. The van der Waals surface area contributed by atoms with E-state index in [2.05, 4.69) is 15.5 Å². The molecule has 0 unspecified atom stereocenters. The topological polar surface area (TPSA) is 83.9 Å². The molecule has 1 aromatic heterocycles. The molecule has 2 heterocycles. The van der Waals surface area contributed by atoms with Crippen LogP contribution < -0.4 is 5.43 Å². The minimum atomic E-state index is -3.50. The van der Waals surface area contributed by atoms with Crippen LogP contribution in [0.1, 0.15) is 5.56 Å². The van der Waals surface area contributed by atoms with Crippen molar-refractivity contribution in [1.82, 2.24) is 9.29 Å². The molecule has 1 aliphatic rings. The summed E-state index contributed by atoms with van der Waals surface area (Å²) in [5.74, 6) is 0. The first-order valence-corrected chi connectivity index (χ1v) is 12.1. The Bertz CT molecular complexity index is 1150. The van der Waals surface area contributed by atoms with Crippen LogP contribution in [0.5, 0.6) is 0 Å². The second-order valence-electron chi connectivity index (χ2n) is 6.74. The molecule has 0 saturated carbocycles. The van der Waals surface area contributed by atoms with Crippen molar-refractivity contribution in [2.45, 2.75) is 4.90 Å². The third-order valence-electron chi connectivity index (χ3n) is 4.67. The number of hydrogen-bond donors (Lipinski definition) is 1. The molecule has 1 fully saturated rings. The third kappa shape index (κ3) is 5.45. The quantitative estimate of drug-likeness (QED) is 0.432. The zero-order valence-electron chi connectivity index (χ0n) is 16.7. The molecule has 1 aliphatic heterocycles. The number of nitrogens with one attached hydrogen (secondary N) is 1. The molecule has 3 aromatic rings. The van der Waals surface area contributed by atoms with Gasteiger partial charge >= 0.3 is 0 Å². The van der Waals surface area contributed by atoms with Crippen LogP contribution in [0.2, 0.25) is 0 Å². The fourth-order valence-corrected chi connectivity index (χ4v) is 5.12. The lowest BCUT2D eigenvalue weighted by molar-refractivity contribution is 0.0730. The Kier molecular flexibility index (Phi) is 6.88. The Labute approximate surface area is 185 Å². The van der Waals surface area contributed by atoms with Crippen molar-refractivity contribution in [3.63, 3.8) is 0 Å². The molecule has 9 heteroatoms. The Balaban J connectivity index is 1.37. The summed E-state index contributed by atoms with van der Waals surface area (Å²) in [6.07, 6.45) is 5.48. The van der Waals surface area contributed by atoms with Crippen molar-refractivity contribution in [1.29, 1.82) is 0 Å². The summed E-state index contributed by atoms with van der Waals surface area (Å²) < 4.78 is 32.2. The number of hydrazone groups is 1. The first-order chi connectivity index (χ1) is 15.1. The summed E-state index contributed by atoms with van der Waals surface area (Å²) in [5, 5.41) is 6.72. The summed E-state index contributed by atoms with van der Waals surface area (Å²) in [6, 6.07) is 16.8.